The molecule has 0 aromatic carbocycles. The third kappa shape index (κ3) is 8.57. The first kappa shape index (κ1) is 28.1. The standard InChI is InChI=1S/C20H37N5O6S/c1-12(26)16(18(28)23-14(20(30)31)6-3-4-9-21)24-17(27)15-7-5-10-25(15)19(29)13(22)8-11-32-2/h12-16,26H,3-11,21-22H2,1-2H3,(H,23,28)(H,24,27)(H,30,31). The number of nitrogens with zero attached hydrogens (tertiary/aromatic N) is 1. The van der Waals surface area contributed by atoms with Gasteiger partial charge < -0.3 is 37.2 Å². The SMILES string of the molecule is CSCCC(N)C(=O)N1CCCC1C(=O)NC(C(=O)NC(CCCCN)C(=O)O)C(C)O. The lowest BCUT2D eigenvalue weighted by Gasteiger charge is -2.29. The van der Waals surface area contributed by atoms with Crippen LogP contribution in [0.5, 0.6) is 0 Å². The van der Waals surface area contributed by atoms with Crippen molar-refractivity contribution in [1.29, 1.82) is 0 Å². The van der Waals surface area contributed by atoms with Gasteiger partial charge in [-0.15, -0.1) is 0 Å². The van der Waals surface area contributed by atoms with E-state index in [0.717, 1.165) is 5.75 Å². The molecule has 3 amide bonds. The number of thioether (sulfide) groups is 1. The van der Waals surface area contributed by atoms with Crippen LogP contribution in [0, 0.1) is 0 Å². The van der Waals surface area contributed by atoms with E-state index in [2.05, 4.69) is 10.6 Å². The molecule has 1 aliphatic heterocycles. The van der Waals surface area contributed by atoms with Gasteiger partial charge in [0.15, 0.2) is 0 Å². The van der Waals surface area contributed by atoms with Gasteiger partial charge >= 0.3 is 5.97 Å². The second kappa shape index (κ2) is 14.3. The monoisotopic (exact) mass is 475 g/mol. The Morgan fingerprint density at radius 3 is 2.44 bits per heavy atom. The Bertz CT molecular complexity index is 650. The summed E-state index contributed by atoms with van der Waals surface area (Å²) in [5.41, 5.74) is 11.4. The molecule has 32 heavy (non-hydrogen) atoms. The predicted octanol–water partition coefficient (Wildman–Crippen LogP) is -1.38. The molecule has 184 valence electrons. The minimum absolute atomic E-state index is 0.178. The Kier molecular flexibility index (Phi) is 12.6. The molecule has 8 N–H and O–H groups in total. The summed E-state index contributed by atoms with van der Waals surface area (Å²) in [6, 6.07) is -4.03. The normalized spacial score (nSPS) is 19.7. The number of carbonyl (C=O) groups excluding carboxylic acids is 3. The number of amides is 3. The number of nitrogens with two attached hydrogens (primary N) is 2. The zero-order valence-electron chi connectivity index (χ0n) is 18.8. The van der Waals surface area contributed by atoms with E-state index in [9.17, 15) is 29.4 Å². The van der Waals surface area contributed by atoms with Crippen LogP contribution in [0.4, 0.5) is 0 Å². The second-order valence-corrected chi connectivity index (χ2v) is 8.97. The summed E-state index contributed by atoms with van der Waals surface area (Å²) >= 11 is 1.57. The van der Waals surface area contributed by atoms with Crippen molar-refractivity contribution in [2.75, 3.05) is 25.1 Å². The van der Waals surface area contributed by atoms with Crippen molar-refractivity contribution in [3.05, 3.63) is 0 Å². The minimum atomic E-state index is -1.36. The maximum absolute atomic E-state index is 12.9. The van der Waals surface area contributed by atoms with Crippen LogP contribution in [-0.4, -0.2) is 94.2 Å². The molecule has 5 unspecified atom stereocenters. The van der Waals surface area contributed by atoms with Gasteiger partial charge in [0, 0.05) is 6.54 Å². The number of hydrogen-bond donors (Lipinski definition) is 6. The second-order valence-electron chi connectivity index (χ2n) is 7.99. The van der Waals surface area contributed by atoms with Gasteiger partial charge in [0.05, 0.1) is 12.1 Å². The first-order chi connectivity index (χ1) is 15.1. The Labute approximate surface area is 193 Å². The zero-order valence-corrected chi connectivity index (χ0v) is 19.6. The van der Waals surface area contributed by atoms with Crippen molar-refractivity contribution >= 4 is 35.5 Å². The lowest BCUT2D eigenvalue weighted by atomic mass is 10.1. The summed E-state index contributed by atoms with van der Waals surface area (Å²) in [6.07, 6.45) is 3.47. The number of aliphatic hydroxyl groups excluding tert-OH is 1. The van der Waals surface area contributed by atoms with E-state index in [1.54, 1.807) is 11.8 Å². The molecule has 0 radical (unpaired) electrons. The highest BCUT2D eigenvalue weighted by atomic mass is 32.2. The van der Waals surface area contributed by atoms with Crippen LogP contribution in [0.25, 0.3) is 0 Å². The van der Waals surface area contributed by atoms with Crippen molar-refractivity contribution in [2.24, 2.45) is 11.5 Å². The number of rotatable bonds is 14. The van der Waals surface area contributed by atoms with E-state index in [0.29, 0.717) is 45.2 Å². The van der Waals surface area contributed by atoms with Gasteiger partial charge in [0.25, 0.3) is 0 Å². The van der Waals surface area contributed by atoms with Crippen LogP contribution in [0.2, 0.25) is 0 Å². The van der Waals surface area contributed by atoms with E-state index in [1.807, 2.05) is 6.26 Å². The van der Waals surface area contributed by atoms with E-state index in [1.165, 1.54) is 11.8 Å². The van der Waals surface area contributed by atoms with E-state index in [-0.39, 0.29) is 12.3 Å². The minimum Gasteiger partial charge on any atom is -0.480 e. The number of likely N-dealkylation sites (tertiary alicyclic amines) is 1. The number of carboxylic acids is 1. The molecule has 0 saturated carbocycles. The van der Waals surface area contributed by atoms with Crippen molar-refractivity contribution in [2.45, 2.75) is 75.7 Å². The van der Waals surface area contributed by atoms with Crippen molar-refractivity contribution in [1.82, 2.24) is 15.5 Å². The first-order valence-corrected chi connectivity index (χ1v) is 12.3. The van der Waals surface area contributed by atoms with Gasteiger partial charge in [-0.3, -0.25) is 14.4 Å². The molecule has 11 nitrogen and oxygen atoms in total. The van der Waals surface area contributed by atoms with Gasteiger partial charge in [-0.25, -0.2) is 4.79 Å². The van der Waals surface area contributed by atoms with Gasteiger partial charge in [0.1, 0.15) is 18.1 Å². The largest absolute Gasteiger partial charge is 0.480 e. The molecule has 1 rings (SSSR count). The number of hydrogen-bond acceptors (Lipinski definition) is 8. The van der Waals surface area contributed by atoms with Crippen molar-refractivity contribution in [3.8, 4) is 0 Å². The molecule has 1 heterocycles. The summed E-state index contributed by atoms with van der Waals surface area (Å²) in [7, 11) is 0. The lowest BCUT2D eigenvalue weighted by molar-refractivity contribution is -0.144. The van der Waals surface area contributed by atoms with Crippen LogP contribution in [0.1, 0.15) is 45.4 Å². The number of aliphatic carboxylic acids is 1. The molecule has 12 heteroatoms. The molecule has 1 aliphatic rings. The molecule has 0 spiro atoms. The number of aliphatic hydroxyl groups is 1. The van der Waals surface area contributed by atoms with Gasteiger partial charge in [0.2, 0.25) is 17.7 Å². The fraction of sp³-hybridized carbons (Fsp3) is 0.800. The Morgan fingerprint density at radius 2 is 1.88 bits per heavy atom. The summed E-state index contributed by atoms with van der Waals surface area (Å²) in [5.74, 6) is -2.19. The summed E-state index contributed by atoms with van der Waals surface area (Å²) in [4.78, 5) is 51.1. The third-order valence-electron chi connectivity index (χ3n) is 5.41. The highest BCUT2D eigenvalue weighted by Gasteiger charge is 2.38. The van der Waals surface area contributed by atoms with E-state index in [4.69, 9.17) is 11.5 Å². The summed E-state index contributed by atoms with van der Waals surface area (Å²) in [5, 5.41) is 24.3. The van der Waals surface area contributed by atoms with Crippen molar-refractivity contribution < 1.29 is 29.4 Å². The lowest BCUT2D eigenvalue weighted by Crippen LogP contribution is -2.59. The molecule has 5 atom stereocenters. The average Bonchev–Trinajstić information content (AvgIpc) is 3.23. The quantitative estimate of drug-likeness (QED) is 0.165. The summed E-state index contributed by atoms with van der Waals surface area (Å²) in [6.45, 7) is 2.12. The Morgan fingerprint density at radius 1 is 1.19 bits per heavy atom. The van der Waals surface area contributed by atoms with Crippen LogP contribution >= 0.6 is 11.8 Å². The van der Waals surface area contributed by atoms with E-state index >= 15 is 0 Å². The highest BCUT2D eigenvalue weighted by molar-refractivity contribution is 7.98. The number of unbranched alkanes of at least 4 members (excludes halogenated alkanes) is 1. The average molecular weight is 476 g/mol. The maximum atomic E-state index is 12.9. The van der Waals surface area contributed by atoms with Gasteiger partial charge in [-0.2, -0.15) is 11.8 Å². The van der Waals surface area contributed by atoms with Gasteiger partial charge in [-0.05, 0) is 64.0 Å². The molecule has 1 fully saturated rings. The number of carboxylic acid groups (broad SMARTS) is 1. The molecular formula is C20H37N5O6S. The molecule has 1 saturated heterocycles. The third-order valence-corrected chi connectivity index (χ3v) is 6.06. The zero-order chi connectivity index (χ0) is 24.3. The molecule has 0 aliphatic carbocycles. The Hall–Kier alpha value is -1.89. The van der Waals surface area contributed by atoms with Gasteiger partial charge in [-0.1, -0.05) is 0 Å². The highest BCUT2D eigenvalue weighted by Crippen LogP contribution is 2.19. The topological polar surface area (TPSA) is 188 Å². The predicted molar refractivity (Wildman–Crippen MR) is 122 cm³/mol. The molecule has 0 aromatic rings. The molecule has 0 aromatic heterocycles. The van der Waals surface area contributed by atoms with Crippen LogP contribution < -0.4 is 22.1 Å². The fourth-order valence-electron chi connectivity index (χ4n) is 3.55. The van der Waals surface area contributed by atoms with Crippen LogP contribution in [-0.2, 0) is 19.2 Å². The Balaban J connectivity index is 2.81. The smallest absolute Gasteiger partial charge is 0.326 e. The first-order valence-electron chi connectivity index (χ1n) is 10.9. The van der Waals surface area contributed by atoms with Crippen molar-refractivity contribution in [3.63, 3.8) is 0 Å². The van der Waals surface area contributed by atoms with E-state index < -0.39 is 48.1 Å². The molecule has 0 bridgehead atoms. The van der Waals surface area contributed by atoms with Crippen LogP contribution in [0.15, 0.2) is 0 Å². The molecular weight excluding hydrogens is 438 g/mol. The van der Waals surface area contributed by atoms with Crippen LogP contribution in [0.3, 0.4) is 0 Å². The summed E-state index contributed by atoms with van der Waals surface area (Å²) < 4.78 is 0. The maximum Gasteiger partial charge on any atom is 0.326 e. The number of nitrogens with one attached hydrogen (secondary N) is 2. The number of carbonyl (C=O) groups is 4. The fourth-order valence-corrected chi connectivity index (χ4v) is 4.04.